The number of nitrogens with zero attached hydrogens (tertiary/aromatic N) is 3. The first-order valence-electron chi connectivity index (χ1n) is 9.14. The van der Waals surface area contributed by atoms with E-state index in [-0.39, 0.29) is 17.1 Å². The number of para-hydroxylation sites is 1. The Balaban J connectivity index is 1.69. The fourth-order valence-electron chi connectivity index (χ4n) is 2.65. The fourth-order valence-corrected chi connectivity index (χ4v) is 4.40. The number of carbonyl (C=O) groups excluding carboxylic acids is 1. The summed E-state index contributed by atoms with van der Waals surface area (Å²) in [7, 11) is 1.94. The van der Waals surface area contributed by atoms with Gasteiger partial charge in [0.2, 0.25) is 5.91 Å². The predicted octanol–water partition coefficient (Wildman–Crippen LogP) is 5.21. The summed E-state index contributed by atoms with van der Waals surface area (Å²) in [5.74, 6) is 1.15. The minimum absolute atomic E-state index is 0.0554. The first-order valence-corrected chi connectivity index (χ1v) is 10.8. The molecule has 28 heavy (non-hydrogen) atoms. The molecule has 0 bridgehead atoms. The maximum Gasteiger partial charge on any atom is 0.237 e. The Morgan fingerprint density at radius 1 is 1.00 bits per heavy atom. The van der Waals surface area contributed by atoms with Crippen LogP contribution in [-0.4, -0.2) is 25.9 Å². The summed E-state index contributed by atoms with van der Waals surface area (Å²) < 4.78 is 1.96. The number of anilines is 1. The number of aromatic nitrogens is 3. The van der Waals surface area contributed by atoms with Crippen LogP contribution in [0.5, 0.6) is 0 Å². The van der Waals surface area contributed by atoms with Gasteiger partial charge in [-0.3, -0.25) is 4.79 Å². The van der Waals surface area contributed by atoms with Crippen LogP contribution in [0.2, 0.25) is 0 Å². The van der Waals surface area contributed by atoms with E-state index in [4.69, 9.17) is 0 Å². The monoisotopic (exact) mass is 412 g/mol. The van der Waals surface area contributed by atoms with Crippen molar-refractivity contribution in [2.24, 2.45) is 7.05 Å². The van der Waals surface area contributed by atoms with Crippen molar-refractivity contribution < 1.29 is 4.79 Å². The van der Waals surface area contributed by atoms with Crippen LogP contribution < -0.4 is 5.32 Å². The quantitative estimate of drug-likeness (QED) is 0.540. The van der Waals surface area contributed by atoms with Gasteiger partial charge in [0, 0.05) is 22.8 Å². The molecule has 0 saturated carbocycles. The number of hydrogen-bond donors (Lipinski definition) is 1. The molecule has 7 heteroatoms. The molecule has 0 radical (unpaired) electrons. The van der Waals surface area contributed by atoms with Gasteiger partial charge in [0.25, 0.3) is 0 Å². The van der Waals surface area contributed by atoms with Crippen molar-refractivity contribution in [1.29, 1.82) is 0 Å². The molecule has 1 atom stereocenters. The van der Waals surface area contributed by atoms with Crippen molar-refractivity contribution in [3.63, 3.8) is 0 Å². The number of nitrogens with one attached hydrogen (secondary N) is 1. The van der Waals surface area contributed by atoms with E-state index in [1.165, 1.54) is 11.8 Å². The van der Waals surface area contributed by atoms with Gasteiger partial charge in [0.1, 0.15) is 5.82 Å². The van der Waals surface area contributed by atoms with E-state index in [1.807, 2.05) is 61.0 Å². The summed E-state index contributed by atoms with van der Waals surface area (Å²) in [5, 5.41) is 12.0. The predicted molar refractivity (Wildman–Crippen MR) is 116 cm³/mol. The first kappa shape index (κ1) is 20.5. The summed E-state index contributed by atoms with van der Waals surface area (Å²) in [5.41, 5.74) is 0.814. The van der Waals surface area contributed by atoms with Gasteiger partial charge in [-0.2, -0.15) is 0 Å². The van der Waals surface area contributed by atoms with E-state index in [0.717, 1.165) is 26.5 Å². The lowest BCUT2D eigenvalue weighted by Crippen LogP contribution is -2.23. The summed E-state index contributed by atoms with van der Waals surface area (Å²) in [4.78, 5) is 14.9. The van der Waals surface area contributed by atoms with Crippen molar-refractivity contribution in [2.75, 3.05) is 5.32 Å². The molecule has 2 aromatic carbocycles. The third-order valence-electron chi connectivity index (χ3n) is 4.15. The normalized spacial score (nSPS) is 12.2. The molecule has 146 valence electrons. The molecular formula is C21H24N4OS2. The molecule has 5 nitrogen and oxygen atoms in total. The van der Waals surface area contributed by atoms with E-state index >= 15 is 0 Å². The zero-order chi connectivity index (χ0) is 20.1. The molecule has 0 fully saturated rings. The van der Waals surface area contributed by atoms with Crippen molar-refractivity contribution in [3.8, 4) is 0 Å². The molecule has 0 aliphatic carbocycles. The van der Waals surface area contributed by atoms with Crippen LogP contribution in [0.25, 0.3) is 0 Å². The Bertz CT molecular complexity index is 941. The fraction of sp³-hybridized carbons (Fsp3) is 0.286. The zero-order valence-electron chi connectivity index (χ0n) is 16.4. The van der Waals surface area contributed by atoms with Gasteiger partial charge < -0.3 is 9.88 Å². The molecule has 0 spiro atoms. The highest BCUT2D eigenvalue weighted by atomic mass is 32.2. The van der Waals surface area contributed by atoms with Crippen LogP contribution in [0.4, 0.5) is 5.69 Å². The van der Waals surface area contributed by atoms with Crippen LogP contribution in [0.1, 0.15) is 32.5 Å². The van der Waals surface area contributed by atoms with E-state index in [2.05, 4.69) is 41.5 Å². The van der Waals surface area contributed by atoms with Crippen LogP contribution in [0.3, 0.4) is 0 Å². The van der Waals surface area contributed by atoms with Crippen LogP contribution in [0, 0.1) is 0 Å². The topological polar surface area (TPSA) is 59.8 Å². The Morgan fingerprint density at radius 3 is 2.36 bits per heavy atom. The highest BCUT2D eigenvalue weighted by Crippen LogP contribution is 2.34. The summed E-state index contributed by atoms with van der Waals surface area (Å²) >= 11 is 3.05. The van der Waals surface area contributed by atoms with Gasteiger partial charge in [-0.1, -0.05) is 67.7 Å². The summed E-state index contributed by atoms with van der Waals surface area (Å²) in [6.45, 7) is 6.04. The highest BCUT2D eigenvalue weighted by Gasteiger charge is 2.20. The van der Waals surface area contributed by atoms with Gasteiger partial charge in [-0.25, -0.2) is 0 Å². The molecule has 3 aromatic rings. The van der Waals surface area contributed by atoms with Crippen LogP contribution in [0.15, 0.2) is 69.5 Å². The molecular weight excluding hydrogens is 388 g/mol. The van der Waals surface area contributed by atoms with Crippen LogP contribution in [-0.2, 0) is 11.8 Å². The second kappa shape index (κ2) is 9.30. The van der Waals surface area contributed by atoms with Gasteiger partial charge in [0.15, 0.2) is 5.16 Å². The Kier molecular flexibility index (Phi) is 6.80. The second-order valence-corrected chi connectivity index (χ2v) is 9.14. The second-order valence-electron chi connectivity index (χ2n) is 6.72. The third kappa shape index (κ3) is 4.97. The third-order valence-corrected chi connectivity index (χ3v) is 6.37. The minimum atomic E-state index is -0.294. The Labute approximate surface area is 174 Å². The lowest BCUT2D eigenvalue weighted by Gasteiger charge is -2.14. The molecule has 1 N–H and O–H groups in total. The largest absolute Gasteiger partial charge is 0.324 e. The molecule has 1 amide bonds. The van der Waals surface area contributed by atoms with Gasteiger partial charge in [-0.05, 0) is 31.2 Å². The van der Waals surface area contributed by atoms with Crippen molar-refractivity contribution >= 4 is 35.1 Å². The molecule has 0 aliphatic rings. The van der Waals surface area contributed by atoms with Crippen molar-refractivity contribution in [1.82, 2.24) is 14.8 Å². The highest BCUT2D eigenvalue weighted by molar-refractivity contribution is 8.00. The maximum absolute atomic E-state index is 12.8. The van der Waals surface area contributed by atoms with Crippen LogP contribution >= 0.6 is 23.5 Å². The number of benzene rings is 2. The Morgan fingerprint density at radius 2 is 1.68 bits per heavy atom. The van der Waals surface area contributed by atoms with Gasteiger partial charge in [0.05, 0.1) is 10.9 Å². The van der Waals surface area contributed by atoms with Crippen molar-refractivity contribution in [2.45, 2.75) is 46.9 Å². The van der Waals surface area contributed by atoms with Crippen molar-refractivity contribution in [3.05, 3.63) is 60.4 Å². The number of rotatable bonds is 7. The number of amides is 1. The van der Waals surface area contributed by atoms with E-state index in [0.29, 0.717) is 0 Å². The molecule has 0 aliphatic heterocycles. The molecule has 1 aromatic heterocycles. The maximum atomic E-state index is 12.8. The molecule has 1 unspecified atom stereocenters. The average Bonchev–Trinajstić information content (AvgIpc) is 3.04. The smallest absolute Gasteiger partial charge is 0.237 e. The van der Waals surface area contributed by atoms with E-state index in [1.54, 1.807) is 11.8 Å². The molecule has 3 rings (SSSR count). The lowest BCUT2D eigenvalue weighted by atomic mass is 10.2. The van der Waals surface area contributed by atoms with Gasteiger partial charge in [-0.15, -0.1) is 10.2 Å². The Hall–Kier alpha value is -2.25. The number of thioether (sulfide) groups is 1. The number of hydrogen-bond acceptors (Lipinski definition) is 5. The zero-order valence-corrected chi connectivity index (χ0v) is 18.1. The number of carbonyl (C=O) groups is 1. The average molecular weight is 413 g/mol. The van der Waals surface area contributed by atoms with E-state index in [9.17, 15) is 4.79 Å². The summed E-state index contributed by atoms with van der Waals surface area (Å²) in [6.07, 6.45) is 0. The van der Waals surface area contributed by atoms with E-state index < -0.39 is 0 Å². The summed E-state index contributed by atoms with van der Waals surface area (Å²) in [6, 6.07) is 18.0. The minimum Gasteiger partial charge on any atom is -0.324 e. The first-order chi connectivity index (χ1) is 13.5. The van der Waals surface area contributed by atoms with Gasteiger partial charge >= 0.3 is 0 Å². The molecule has 0 saturated heterocycles. The standard InChI is InChI=1S/C21H24N4OS2/c1-14(2)19-23-24-21(25(19)4)27-15(3)20(26)22-17-12-8-9-13-18(17)28-16-10-6-5-7-11-16/h5-15H,1-4H3,(H,22,26). The molecule has 1 heterocycles. The lowest BCUT2D eigenvalue weighted by molar-refractivity contribution is -0.115. The SMILES string of the molecule is CC(Sc1nnc(C(C)C)n1C)C(=O)Nc1ccccc1Sc1ccccc1.